The fourth-order valence-electron chi connectivity index (χ4n) is 4.32. The Morgan fingerprint density at radius 2 is 1.90 bits per heavy atom. The highest BCUT2D eigenvalue weighted by atomic mass is 16.5. The molecule has 5 nitrogen and oxygen atoms in total. The number of para-hydroxylation sites is 1. The molecule has 2 aliphatic rings. The van der Waals surface area contributed by atoms with Crippen LogP contribution in [0.15, 0.2) is 60.7 Å². The quantitative estimate of drug-likeness (QED) is 0.681. The van der Waals surface area contributed by atoms with Crippen LogP contribution in [-0.2, 0) is 11.2 Å². The van der Waals surface area contributed by atoms with Crippen LogP contribution in [0.25, 0.3) is 11.3 Å². The summed E-state index contributed by atoms with van der Waals surface area (Å²) in [6, 6.07) is 21.4. The molecule has 2 unspecified atom stereocenters. The molecule has 0 aliphatic carbocycles. The molecule has 5 rings (SSSR count). The second-order valence-corrected chi connectivity index (χ2v) is 7.87. The van der Waals surface area contributed by atoms with Crippen LogP contribution in [0.2, 0.25) is 0 Å². The lowest BCUT2D eigenvalue weighted by Crippen LogP contribution is -2.26. The third kappa shape index (κ3) is 3.70. The number of aromatic nitrogens is 2. The summed E-state index contributed by atoms with van der Waals surface area (Å²) in [6.45, 7) is 3.85. The third-order valence-corrected chi connectivity index (χ3v) is 5.75. The average molecular weight is 386 g/mol. The normalized spacial score (nSPS) is 20.7. The lowest BCUT2D eigenvalue weighted by Gasteiger charge is -2.25. The van der Waals surface area contributed by atoms with Gasteiger partial charge in [0.1, 0.15) is 5.82 Å². The van der Waals surface area contributed by atoms with Crippen LogP contribution >= 0.6 is 0 Å². The van der Waals surface area contributed by atoms with Gasteiger partial charge in [-0.25, -0.2) is 4.98 Å². The molecular weight excluding hydrogens is 360 g/mol. The Hall–Kier alpha value is -2.92. The monoisotopic (exact) mass is 386 g/mol. The maximum absolute atomic E-state index is 5.75. The molecule has 2 atom stereocenters. The number of nitrogens with zero attached hydrogens (tertiary/aromatic N) is 3. The smallest absolute Gasteiger partial charge is 0.225 e. The van der Waals surface area contributed by atoms with Crippen molar-refractivity contribution in [3.05, 3.63) is 66.2 Å². The molecule has 0 amide bonds. The summed E-state index contributed by atoms with van der Waals surface area (Å²) < 4.78 is 5.75. The number of hydrogen-bond acceptors (Lipinski definition) is 5. The van der Waals surface area contributed by atoms with Crippen molar-refractivity contribution in [2.75, 3.05) is 23.4 Å². The minimum atomic E-state index is 0.244. The summed E-state index contributed by atoms with van der Waals surface area (Å²) in [7, 11) is 0. The van der Waals surface area contributed by atoms with Crippen LogP contribution in [0.3, 0.4) is 0 Å². The second-order valence-electron chi connectivity index (χ2n) is 7.87. The number of fused-ring (bicyclic) bond motifs is 1. The number of nitrogens with one attached hydrogen (secondary N) is 1. The molecule has 148 valence electrons. The maximum Gasteiger partial charge on any atom is 0.225 e. The fraction of sp³-hybridized carbons (Fsp3) is 0.333. The van der Waals surface area contributed by atoms with E-state index in [0.29, 0.717) is 12.0 Å². The first-order chi connectivity index (χ1) is 14.3. The summed E-state index contributed by atoms with van der Waals surface area (Å²) in [4.78, 5) is 12.0. The second kappa shape index (κ2) is 7.84. The van der Waals surface area contributed by atoms with Gasteiger partial charge < -0.3 is 15.0 Å². The zero-order chi connectivity index (χ0) is 19.6. The minimum absolute atomic E-state index is 0.244. The van der Waals surface area contributed by atoms with Crippen LogP contribution in [0.4, 0.5) is 17.5 Å². The molecule has 1 saturated heterocycles. The van der Waals surface area contributed by atoms with Crippen molar-refractivity contribution >= 4 is 17.5 Å². The number of benzene rings is 2. The van der Waals surface area contributed by atoms with Crippen LogP contribution in [0.5, 0.6) is 0 Å². The first kappa shape index (κ1) is 18.1. The van der Waals surface area contributed by atoms with Gasteiger partial charge in [0.25, 0.3) is 0 Å². The van der Waals surface area contributed by atoms with Crippen molar-refractivity contribution in [3.8, 4) is 11.3 Å². The highest BCUT2D eigenvalue weighted by Crippen LogP contribution is 2.38. The average Bonchev–Trinajstić information content (AvgIpc) is 3.39. The SMILES string of the molecule is CC1Cc2ccccc2N1c1cc(-c2ccccc2)nc(NCC2CCCO2)n1. The minimum Gasteiger partial charge on any atom is -0.376 e. The molecule has 2 aromatic carbocycles. The van der Waals surface area contributed by atoms with E-state index in [-0.39, 0.29) is 6.10 Å². The van der Waals surface area contributed by atoms with Crippen molar-refractivity contribution in [3.63, 3.8) is 0 Å². The summed E-state index contributed by atoms with van der Waals surface area (Å²) in [6.07, 6.45) is 3.49. The van der Waals surface area contributed by atoms with Gasteiger partial charge in [0.2, 0.25) is 5.95 Å². The van der Waals surface area contributed by atoms with E-state index in [9.17, 15) is 0 Å². The predicted octanol–water partition coefficient (Wildman–Crippen LogP) is 4.82. The van der Waals surface area contributed by atoms with Crippen molar-refractivity contribution in [2.24, 2.45) is 0 Å². The number of ether oxygens (including phenoxy) is 1. The van der Waals surface area contributed by atoms with Crippen LogP contribution in [0, 0.1) is 0 Å². The molecule has 2 aliphatic heterocycles. The first-order valence-electron chi connectivity index (χ1n) is 10.4. The number of hydrogen-bond donors (Lipinski definition) is 1. The zero-order valence-electron chi connectivity index (χ0n) is 16.7. The molecule has 5 heteroatoms. The van der Waals surface area contributed by atoms with Gasteiger partial charge in [0.05, 0.1) is 11.8 Å². The standard InChI is InChI=1S/C24H26N4O/c1-17-14-19-10-5-6-12-22(19)28(17)23-15-21(18-8-3-2-4-9-18)26-24(27-23)25-16-20-11-7-13-29-20/h2-6,8-10,12,15,17,20H,7,11,13-14,16H2,1H3,(H,25,26,27). The fourth-order valence-corrected chi connectivity index (χ4v) is 4.32. The molecule has 29 heavy (non-hydrogen) atoms. The summed E-state index contributed by atoms with van der Waals surface area (Å²) >= 11 is 0. The zero-order valence-corrected chi connectivity index (χ0v) is 16.7. The highest BCUT2D eigenvalue weighted by molar-refractivity contribution is 5.73. The summed E-state index contributed by atoms with van der Waals surface area (Å²) in [5.41, 5.74) is 4.63. The van der Waals surface area contributed by atoms with Crippen molar-refractivity contribution in [1.82, 2.24) is 9.97 Å². The molecule has 1 fully saturated rings. The lowest BCUT2D eigenvalue weighted by molar-refractivity contribution is 0.120. The number of anilines is 3. The van der Waals surface area contributed by atoms with Gasteiger partial charge >= 0.3 is 0 Å². The molecule has 0 spiro atoms. The van der Waals surface area contributed by atoms with Gasteiger partial charge in [-0.15, -0.1) is 0 Å². The van der Waals surface area contributed by atoms with E-state index in [1.54, 1.807) is 0 Å². The molecule has 1 aromatic heterocycles. The first-order valence-corrected chi connectivity index (χ1v) is 10.4. The van der Waals surface area contributed by atoms with Gasteiger partial charge in [0.15, 0.2) is 0 Å². The lowest BCUT2D eigenvalue weighted by atomic mass is 10.1. The van der Waals surface area contributed by atoms with Gasteiger partial charge in [-0.05, 0) is 37.8 Å². The predicted molar refractivity (Wildman–Crippen MR) is 117 cm³/mol. The summed E-state index contributed by atoms with van der Waals surface area (Å²) in [5.74, 6) is 1.60. The van der Waals surface area contributed by atoms with E-state index in [2.05, 4.69) is 59.6 Å². The molecule has 1 N–H and O–H groups in total. The van der Waals surface area contributed by atoms with E-state index in [1.165, 1.54) is 11.3 Å². The Bertz CT molecular complexity index is 985. The van der Waals surface area contributed by atoms with Gasteiger partial charge in [0, 0.05) is 36.5 Å². The Balaban J connectivity index is 1.52. The van der Waals surface area contributed by atoms with E-state index in [1.807, 2.05) is 18.2 Å². The van der Waals surface area contributed by atoms with Crippen molar-refractivity contribution < 1.29 is 4.74 Å². The molecule has 0 bridgehead atoms. The van der Waals surface area contributed by atoms with Crippen LogP contribution < -0.4 is 10.2 Å². The maximum atomic E-state index is 5.75. The van der Waals surface area contributed by atoms with Crippen molar-refractivity contribution in [1.29, 1.82) is 0 Å². The Labute approximate surface area is 171 Å². The Kier molecular flexibility index (Phi) is 4.90. The molecule has 0 radical (unpaired) electrons. The largest absolute Gasteiger partial charge is 0.376 e. The molecule has 0 saturated carbocycles. The van der Waals surface area contributed by atoms with E-state index >= 15 is 0 Å². The van der Waals surface area contributed by atoms with Gasteiger partial charge in [-0.2, -0.15) is 4.98 Å². The van der Waals surface area contributed by atoms with Crippen LogP contribution in [0.1, 0.15) is 25.3 Å². The van der Waals surface area contributed by atoms with Gasteiger partial charge in [-0.1, -0.05) is 48.5 Å². The molecular formula is C24H26N4O. The van der Waals surface area contributed by atoms with Crippen LogP contribution in [-0.4, -0.2) is 35.3 Å². The van der Waals surface area contributed by atoms with E-state index < -0.39 is 0 Å². The third-order valence-electron chi connectivity index (χ3n) is 5.75. The Morgan fingerprint density at radius 3 is 2.72 bits per heavy atom. The van der Waals surface area contributed by atoms with Crippen molar-refractivity contribution in [2.45, 2.75) is 38.3 Å². The van der Waals surface area contributed by atoms with Gasteiger partial charge in [-0.3, -0.25) is 0 Å². The summed E-state index contributed by atoms with van der Waals surface area (Å²) in [5, 5.41) is 3.43. The van der Waals surface area contributed by atoms with E-state index in [0.717, 1.165) is 49.5 Å². The number of rotatable bonds is 5. The topological polar surface area (TPSA) is 50.3 Å². The van der Waals surface area contributed by atoms with E-state index in [4.69, 9.17) is 14.7 Å². The molecule has 3 heterocycles. The highest BCUT2D eigenvalue weighted by Gasteiger charge is 2.28. The Morgan fingerprint density at radius 1 is 1.07 bits per heavy atom. The molecule has 3 aromatic rings.